The minimum atomic E-state index is -0.882. The van der Waals surface area contributed by atoms with E-state index < -0.39 is 18.0 Å². The number of hydrogen-bond acceptors (Lipinski definition) is 4. The number of likely N-dealkylation sites (tertiary alicyclic amines) is 1. The van der Waals surface area contributed by atoms with Gasteiger partial charge in [-0.25, -0.2) is 0 Å². The first-order chi connectivity index (χ1) is 12.3. The largest absolute Gasteiger partial charge is 0.481 e. The molecule has 1 saturated heterocycles. The van der Waals surface area contributed by atoms with Gasteiger partial charge in [0, 0.05) is 20.1 Å². The van der Waals surface area contributed by atoms with Crippen molar-refractivity contribution in [2.24, 2.45) is 5.92 Å². The third-order valence-electron chi connectivity index (χ3n) is 4.52. The van der Waals surface area contributed by atoms with Crippen molar-refractivity contribution in [2.75, 3.05) is 26.7 Å². The molecule has 0 radical (unpaired) electrons. The van der Waals surface area contributed by atoms with Crippen molar-refractivity contribution >= 4 is 17.8 Å². The lowest BCUT2D eigenvalue weighted by Gasteiger charge is -2.32. The topological polar surface area (TPSA) is 87.2 Å². The van der Waals surface area contributed by atoms with Crippen LogP contribution >= 0.6 is 0 Å². The Kier molecular flexibility index (Phi) is 6.60. The molecule has 0 saturated carbocycles. The summed E-state index contributed by atoms with van der Waals surface area (Å²) in [6.45, 7) is 4.22. The Bertz CT molecular complexity index is 676. The molecule has 7 heteroatoms. The summed E-state index contributed by atoms with van der Waals surface area (Å²) in [5.41, 5.74) is 1.03. The average Bonchev–Trinajstić information content (AvgIpc) is 2.61. The molecule has 1 fully saturated rings. The molecule has 2 unspecified atom stereocenters. The zero-order valence-corrected chi connectivity index (χ0v) is 15.5. The smallest absolute Gasteiger partial charge is 0.308 e. The maximum absolute atomic E-state index is 12.5. The highest BCUT2D eigenvalue weighted by atomic mass is 16.5. The number of carboxylic acid groups (broad SMARTS) is 1. The Morgan fingerprint density at radius 1 is 1.38 bits per heavy atom. The lowest BCUT2D eigenvalue weighted by molar-refractivity contribution is -0.148. The molecule has 0 aromatic heterocycles. The minimum Gasteiger partial charge on any atom is -0.481 e. The molecule has 0 aliphatic carbocycles. The first kappa shape index (κ1) is 19.8. The lowest BCUT2D eigenvalue weighted by Crippen LogP contribution is -2.48. The van der Waals surface area contributed by atoms with Crippen LogP contribution in [0.25, 0.3) is 0 Å². The van der Waals surface area contributed by atoms with Crippen LogP contribution in [0.2, 0.25) is 0 Å². The second kappa shape index (κ2) is 8.69. The summed E-state index contributed by atoms with van der Waals surface area (Å²) in [5.74, 6) is -1.35. The van der Waals surface area contributed by atoms with E-state index in [-0.39, 0.29) is 24.9 Å². The first-order valence-electron chi connectivity index (χ1n) is 8.77. The molecule has 2 rings (SSSR count). The minimum absolute atomic E-state index is 0.0906. The Morgan fingerprint density at radius 3 is 2.77 bits per heavy atom. The van der Waals surface area contributed by atoms with Gasteiger partial charge in [-0.15, -0.1) is 0 Å². The van der Waals surface area contributed by atoms with Crippen LogP contribution in [-0.2, 0) is 14.4 Å². The summed E-state index contributed by atoms with van der Waals surface area (Å²) in [6.07, 6.45) is 0.519. The maximum atomic E-state index is 12.5. The Morgan fingerprint density at radius 2 is 2.12 bits per heavy atom. The summed E-state index contributed by atoms with van der Waals surface area (Å²) in [5, 5.41) is 9.12. The zero-order chi connectivity index (χ0) is 19.3. The number of carboxylic acids is 1. The molecule has 1 N–H and O–H groups in total. The van der Waals surface area contributed by atoms with E-state index in [9.17, 15) is 14.4 Å². The van der Waals surface area contributed by atoms with E-state index >= 15 is 0 Å². The Labute approximate surface area is 153 Å². The van der Waals surface area contributed by atoms with Crippen molar-refractivity contribution in [1.82, 2.24) is 9.80 Å². The number of carbonyl (C=O) groups excluding carboxylic acids is 2. The number of rotatable bonds is 6. The second-order valence-electron chi connectivity index (χ2n) is 6.79. The first-order valence-corrected chi connectivity index (χ1v) is 8.77. The number of benzene rings is 1. The highest BCUT2D eigenvalue weighted by Crippen LogP contribution is 2.17. The van der Waals surface area contributed by atoms with Crippen LogP contribution in [0.3, 0.4) is 0 Å². The summed E-state index contributed by atoms with van der Waals surface area (Å²) in [6, 6.07) is 7.41. The fourth-order valence-corrected chi connectivity index (χ4v) is 3.04. The van der Waals surface area contributed by atoms with Gasteiger partial charge in [0.15, 0.2) is 6.10 Å². The molecule has 1 aliphatic heterocycles. The van der Waals surface area contributed by atoms with Gasteiger partial charge in [-0.1, -0.05) is 12.1 Å². The summed E-state index contributed by atoms with van der Waals surface area (Å²) < 4.78 is 5.66. The van der Waals surface area contributed by atoms with Crippen LogP contribution in [0.1, 0.15) is 25.3 Å². The van der Waals surface area contributed by atoms with Crippen molar-refractivity contribution in [3.8, 4) is 5.75 Å². The number of aryl methyl sites for hydroxylation is 1. The highest BCUT2D eigenvalue weighted by Gasteiger charge is 2.29. The van der Waals surface area contributed by atoms with E-state index in [1.54, 1.807) is 20.0 Å². The Balaban J connectivity index is 1.89. The Hall–Kier alpha value is -2.57. The number of carbonyl (C=O) groups is 3. The molecule has 1 heterocycles. The van der Waals surface area contributed by atoms with E-state index in [2.05, 4.69) is 0 Å². The van der Waals surface area contributed by atoms with E-state index in [1.165, 1.54) is 9.80 Å². The van der Waals surface area contributed by atoms with Gasteiger partial charge < -0.3 is 19.6 Å². The molecule has 2 amide bonds. The number of aliphatic carboxylic acids is 1. The molecule has 0 spiro atoms. The quantitative estimate of drug-likeness (QED) is 0.829. The average molecular weight is 362 g/mol. The standard InChI is InChI=1S/C19H26N2O5/c1-13-6-4-8-16(10-13)26-14(2)18(23)20(3)12-17(22)21-9-5-7-15(11-21)19(24)25/h4,6,8,10,14-15H,5,7,9,11-12H2,1-3H3,(H,24,25). The van der Waals surface area contributed by atoms with Crippen molar-refractivity contribution in [3.63, 3.8) is 0 Å². The molecular weight excluding hydrogens is 336 g/mol. The van der Waals surface area contributed by atoms with E-state index in [0.717, 1.165) is 5.56 Å². The summed E-state index contributed by atoms with van der Waals surface area (Å²) in [4.78, 5) is 38.8. The number of piperidine rings is 1. The highest BCUT2D eigenvalue weighted by molar-refractivity contribution is 5.87. The van der Waals surface area contributed by atoms with Crippen LogP contribution in [0.15, 0.2) is 24.3 Å². The molecule has 1 aliphatic rings. The third kappa shape index (κ3) is 5.21. The van der Waals surface area contributed by atoms with Crippen LogP contribution in [0.4, 0.5) is 0 Å². The fourth-order valence-electron chi connectivity index (χ4n) is 3.04. The SMILES string of the molecule is Cc1cccc(OC(C)C(=O)N(C)CC(=O)N2CCCC(C(=O)O)C2)c1. The molecule has 142 valence electrons. The molecule has 7 nitrogen and oxygen atoms in total. The van der Waals surface area contributed by atoms with Crippen LogP contribution in [-0.4, -0.2) is 65.5 Å². The van der Waals surface area contributed by atoms with Crippen molar-refractivity contribution in [3.05, 3.63) is 29.8 Å². The molecular formula is C19H26N2O5. The van der Waals surface area contributed by atoms with E-state index in [4.69, 9.17) is 9.84 Å². The molecule has 26 heavy (non-hydrogen) atoms. The predicted molar refractivity (Wildman–Crippen MR) is 95.8 cm³/mol. The van der Waals surface area contributed by atoms with Gasteiger partial charge >= 0.3 is 5.97 Å². The van der Waals surface area contributed by atoms with Crippen LogP contribution < -0.4 is 4.74 Å². The van der Waals surface area contributed by atoms with Crippen molar-refractivity contribution in [2.45, 2.75) is 32.8 Å². The van der Waals surface area contributed by atoms with Crippen molar-refractivity contribution < 1.29 is 24.2 Å². The predicted octanol–water partition coefficient (Wildman–Crippen LogP) is 1.54. The summed E-state index contributed by atoms with van der Waals surface area (Å²) in [7, 11) is 1.55. The van der Waals surface area contributed by atoms with Crippen LogP contribution in [0, 0.1) is 12.8 Å². The van der Waals surface area contributed by atoms with Gasteiger partial charge in [-0.05, 0) is 44.4 Å². The maximum Gasteiger partial charge on any atom is 0.308 e. The van der Waals surface area contributed by atoms with Gasteiger partial charge in [0.25, 0.3) is 5.91 Å². The number of nitrogens with zero attached hydrogens (tertiary/aromatic N) is 2. The normalized spacial score (nSPS) is 18.1. The van der Waals surface area contributed by atoms with Gasteiger partial charge in [0.05, 0.1) is 12.5 Å². The number of likely N-dealkylation sites (N-methyl/N-ethyl adjacent to an activating group) is 1. The summed E-state index contributed by atoms with van der Waals surface area (Å²) >= 11 is 0. The number of hydrogen-bond donors (Lipinski definition) is 1. The molecule has 1 aromatic rings. The van der Waals surface area contributed by atoms with Gasteiger partial charge in [-0.2, -0.15) is 0 Å². The van der Waals surface area contributed by atoms with E-state index in [0.29, 0.717) is 25.1 Å². The molecule has 0 bridgehead atoms. The zero-order valence-electron chi connectivity index (χ0n) is 15.5. The van der Waals surface area contributed by atoms with Gasteiger partial charge in [-0.3, -0.25) is 14.4 Å². The number of ether oxygens (including phenoxy) is 1. The number of amides is 2. The fraction of sp³-hybridized carbons (Fsp3) is 0.526. The van der Waals surface area contributed by atoms with Gasteiger partial charge in [0.2, 0.25) is 5.91 Å². The van der Waals surface area contributed by atoms with Gasteiger partial charge in [0.1, 0.15) is 5.75 Å². The third-order valence-corrected chi connectivity index (χ3v) is 4.52. The van der Waals surface area contributed by atoms with Crippen LogP contribution in [0.5, 0.6) is 5.75 Å². The van der Waals surface area contributed by atoms with E-state index in [1.807, 2.05) is 25.1 Å². The molecule has 1 aromatic carbocycles. The second-order valence-corrected chi connectivity index (χ2v) is 6.79. The lowest BCUT2D eigenvalue weighted by atomic mass is 9.98. The van der Waals surface area contributed by atoms with Crippen molar-refractivity contribution in [1.29, 1.82) is 0 Å². The monoisotopic (exact) mass is 362 g/mol. The molecule has 2 atom stereocenters.